The van der Waals surface area contributed by atoms with E-state index in [4.69, 9.17) is 0 Å². The predicted octanol–water partition coefficient (Wildman–Crippen LogP) is 3.48. The van der Waals surface area contributed by atoms with Gasteiger partial charge in [0.2, 0.25) is 11.0 Å². The smallest absolute Gasteiger partial charge is 0.257 e. The number of anilines is 2. The first kappa shape index (κ1) is 16.6. The second-order valence-corrected chi connectivity index (χ2v) is 6.97. The van der Waals surface area contributed by atoms with E-state index in [0.29, 0.717) is 16.4 Å². The highest BCUT2D eigenvalue weighted by atomic mass is 32.1. The van der Waals surface area contributed by atoms with E-state index in [1.807, 2.05) is 0 Å². The standard InChI is InChI=1S/C17H20N4O2S/c1-2-3-7-14-20-21-17(24-14)19-16(23)12-5-4-6-13(10-12)18-15(22)11-8-9-11/h4-6,10-11H,2-3,7-9H2,1H3,(H,18,22)(H,19,21,23). The molecule has 7 heteroatoms. The van der Waals surface area contributed by atoms with Crippen LogP contribution in [0.25, 0.3) is 0 Å². The third-order valence-electron chi connectivity index (χ3n) is 3.77. The lowest BCUT2D eigenvalue weighted by molar-refractivity contribution is -0.117. The number of nitrogens with one attached hydrogen (secondary N) is 2. The van der Waals surface area contributed by atoms with Gasteiger partial charge < -0.3 is 5.32 Å². The Bertz CT molecular complexity index is 740. The molecule has 0 aliphatic heterocycles. The van der Waals surface area contributed by atoms with Crippen molar-refractivity contribution in [3.63, 3.8) is 0 Å². The number of nitrogens with zero attached hydrogens (tertiary/aromatic N) is 2. The normalized spacial score (nSPS) is 13.5. The molecular weight excluding hydrogens is 324 g/mol. The molecule has 0 spiro atoms. The van der Waals surface area contributed by atoms with Crippen molar-refractivity contribution in [1.82, 2.24) is 10.2 Å². The van der Waals surface area contributed by atoms with Gasteiger partial charge in [0.1, 0.15) is 5.01 Å². The van der Waals surface area contributed by atoms with Crippen molar-refractivity contribution in [3.8, 4) is 0 Å². The molecule has 1 saturated carbocycles. The maximum atomic E-state index is 12.3. The van der Waals surface area contributed by atoms with Crippen LogP contribution in [0.1, 0.15) is 48.0 Å². The Balaban J connectivity index is 1.61. The molecule has 24 heavy (non-hydrogen) atoms. The molecule has 0 radical (unpaired) electrons. The van der Waals surface area contributed by atoms with Gasteiger partial charge in [-0.05, 0) is 37.5 Å². The van der Waals surface area contributed by atoms with Crippen molar-refractivity contribution < 1.29 is 9.59 Å². The first-order valence-corrected chi connectivity index (χ1v) is 9.02. The number of aryl methyl sites for hydroxylation is 1. The monoisotopic (exact) mass is 344 g/mol. The summed E-state index contributed by atoms with van der Waals surface area (Å²) in [7, 11) is 0. The van der Waals surface area contributed by atoms with Gasteiger partial charge in [-0.3, -0.25) is 14.9 Å². The first-order chi connectivity index (χ1) is 11.7. The van der Waals surface area contributed by atoms with Gasteiger partial charge >= 0.3 is 0 Å². The van der Waals surface area contributed by atoms with Gasteiger partial charge in [0.05, 0.1) is 0 Å². The molecule has 3 rings (SSSR count). The highest BCUT2D eigenvalue weighted by molar-refractivity contribution is 7.15. The molecule has 6 nitrogen and oxygen atoms in total. The average molecular weight is 344 g/mol. The number of hydrogen-bond donors (Lipinski definition) is 2. The summed E-state index contributed by atoms with van der Waals surface area (Å²) >= 11 is 1.40. The van der Waals surface area contributed by atoms with E-state index in [2.05, 4.69) is 27.8 Å². The Morgan fingerprint density at radius 3 is 2.83 bits per heavy atom. The van der Waals surface area contributed by atoms with Crippen molar-refractivity contribution in [1.29, 1.82) is 0 Å². The number of aromatic nitrogens is 2. The van der Waals surface area contributed by atoms with Gasteiger partial charge in [0.25, 0.3) is 5.91 Å². The molecule has 0 atom stereocenters. The van der Waals surface area contributed by atoms with E-state index >= 15 is 0 Å². The van der Waals surface area contributed by atoms with Gasteiger partial charge in [0, 0.05) is 23.6 Å². The van der Waals surface area contributed by atoms with Crippen molar-refractivity contribution in [2.75, 3.05) is 10.6 Å². The van der Waals surface area contributed by atoms with Crippen molar-refractivity contribution >= 4 is 34.0 Å². The lowest BCUT2D eigenvalue weighted by atomic mass is 10.2. The molecule has 0 unspecified atom stereocenters. The van der Waals surface area contributed by atoms with Crippen LogP contribution in [0.4, 0.5) is 10.8 Å². The predicted molar refractivity (Wildman–Crippen MR) is 94.3 cm³/mol. The fourth-order valence-electron chi connectivity index (χ4n) is 2.23. The fourth-order valence-corrected chi connectivity index (χ4v) is 3.01. The molecule has 1 aromatic carbocycles. The summed E-state index contributed by atoms with van der Waals surface area (Å²) in [6.45, 7) is 2.12. The summed E-state index contributed by atoms with van der Waals surface area (Å²) in [6, 6.07) is 6.92. The zero-order valence-electron chi connectivity index (χ0n) is 13.5. The third-order valence-corrected chi connectivity index (χ3v) is 4.67. The summed E-state index contributed by atoms with van der Waals surface area (Å²) in [5.41, 5.74) is 1.12. The number of hydrogen-bond acceptors (Lipinski definition) is 5. The van der Waals surface area contributed by atoms with E-state index in [0.717, 1.165) is 37.1 Å². The summed E-state index contributed by atoms with van der Waals surface area (Å²) < 4.78 is 0. The van der Waals surface area contributed by atoms with Crippen LogP contribution in [-0.2, 0) is 11.2 Å². The molecule has 0 bridgehead atoms. The molecule has 1 aromatic heterocycles. The van der Waals surface area contributed by atoms with E-state index in [9.17, 15) is 9.59 Å². The minimum absolute atomic E-state index is 0.0252. The van der Waals surface area contributed by atoms with E-state index in [1.165, 1.54) is 11.3 Å². The molecule has 2 amide bonds. The molecule has 0 saturated heterocycles. The number of benzene rings is 1. The van der Waals surface area contributed by atoms with Crippen LogP contribution >= 0.6 is 11.3 Å². The largest absolute Gasteiger partial charge is 0.326 e. The van der Waals surface area contributed by atoms with Crippen molar-refractivity contribution in [2.45, 2.75) is 39.0 Å². The lowest BCUT2D eigenvalue weighted by Crippen LogP contribution is -2.15. The number of carbonyl (C=O) groups excluding carboxylic acids is 2. The molecule has 2 aromatic rings. The SMILES string of the molecule is CCCCc1nnc(NC(=O)c2cccc(NC(=O)C3CC3)c2)s1. The summed E-state index contributed by atoms with van der Waals surface area (Å²) in [5.74, 6) is -0.0987. The maximum Gasteiger partial charge on any atom is 0.257 e. The van der Waals surface area contributed by atoms with Crippen LogP contribution in [0.15, 0.2) is 24.3 Å². The van der Waals surface area contributed by atoms with E-state index in [-0.39, 0.29) is 17.7 Å². The second kappa shape index (κ2) is 7.53. The second-order valence-electron chi connectivity index (χ2n) is 5.90. The summed E-state index contributed by atoms with van der Waals surface area (Å²) in [5, 5.41) is 15.1. The van der Waals surface area contributed by atoms with Gasteiger partial charge in [-0.25, -0.2) is 0 Å². The van der Waals surface area contributed by atoms with Crippen LogP contribution in [-0.4, -0.2) is 22.0 Å². The molecular formula is C17H20N4O2S. The van der Waals surface area contributed by atoms with Crippen LogP contribution in [0.2, 0.25) is 0 Å². The Kier molecular flexibility index (Phi) is 5.20. The first-order valence-electron chi connectivity index (χ1n) is 8.20. The molecule has 126 valence electrons. The Morgan fingerprint density at radius 1 is 1.25 bits per heavy atom. The number of amides is 2. The van der Waals surface area contributed by atoms with Crippen LogP contribution < -0.4 is 10.6 Å². The Labute approximate surface area is 144 Å². The maximum absolute atomic E-state index is 12.3. The molecule has 1 heterocycles. The van der Waals surface area contributed by atoms with Gasteiger partial charge in [0.15, 0.2) is 0 Å². The van der Waals surface area contributed by atoms with Crippen molar-refractivity contribution in [3.05, 3.63) is 34.8 Å². The minimum atomic E-state index is -0.254. The molecule has 1 aliphatic carbocycles. The molecule has 1 aliphatic rings. The third kappa shape index (κ3) is 4.38. The molecule has 1 fully saturated rings. The summed E-state index contributed by atoms with van der Waals surface area (Å²) in [6.07, 6.45) is 4.94. The van der Waals surface area contributed by atoms with Gasteiger partial charge in [-0.15, -0.1) is 10.2 Å². The van der Waals surface area contributed by atoms with Crippen LogP contribution in [0.5, 0.6) is 0 Å². The lowest BCUT2D eigenvalue weighted by Gasteiger charge is -2.06. The molecule has 2 N–H and O–H groups in total. The number of carbonyl (C=O) groups is 2. The van der Waals surface area contributed by atoms with Crippen LogP contribution in [0.3, 0.4) is 0 Å². The summed E-state index contributed by atoms with van der Waals surface area (Å²) in [4.78, 5) is 24.1. The average Bonchev–Trinajstić information content (AvgIpc) is 3.34. The zero-order chi connectivity index (χ0) is 16.9. The highest BCUT2D eigenvalue weighted by Gasteiger charge is 2.29. The minimum Gasteiger partial charge on any atom is -0.326 e. The van der Waals surface area contributed by atoms with E-state index in [1.54, 1.807) is 24.3 Å². The Morgan fingerprint density at radius 2 is 2.08 bits per heavy atom. The Hall–Kier alpha value is -2.28. The fraction of sp³-hybridized carbons (Fsp3) is 0.412. The van der Waals surface area contributed by atoms with Gasteiger partial charge in [-0.1, -0.05) is 30.7 Å². The quantitative estimate of drug-likeness (QED) is 0.805. The van der Waals surface area contributed by atoms with Crippen molar-refractivity contribution in [2.24, 2.45) is 5.92 Å². The number of rotatable bonds is 7. The highest BCUT2D eigenvalue weighted by Crippen LogP contribution is 2.30. The van der Waals surface area contributed by atoms with Gasteiger partial charge in [-0.2, -0.15) is 0 Å². The van der Waals surface area contributed by atoms with Crippen LogP contribution in [0, 0.1) is 5.92 Å². The number of unbranched alkanes of at least 4 members (excludes halogenated alkanes) is 1. The van der Waals surface area contributed by atoms with E-state index < -0.39 is 0 Å². The zero-order valence-corrected chi connectivity index (χ0v) is 14.4. The topological polar surface area (TPSA) is 84.0 Å².